The maximum Gasteiger partial charge on any atom is 0.416 e. The van der Waals surface area contributed by atoms with Crippen molar-refractivity contribution in [3.05, 3.63) is 76.4 Å². The molecule has 0 atom stereocenters. The molecule has 1 amide bonds. The van der Waals surface area contributed by atoms with Gasteiger partial charge < -0.3 is 14.6 Å². The van der Waals surface area contributed by atoms with Gasteiger partial charge >= 0.3 is 12.1 Å². The average molecular weight is 491 g/mol. The van der Waals surface area contributed by atoms with E-state index in [2.05, 4.69) is 0 Å². The minimum atomic E-state index is -4.57. The number of benzene rings is 2. The van der Waals surface area contributed by atoms with Crippen molar-refractivity contribution in [3.63, 3.8) is 0 Å². The van der Waals surface area contributed by atoms with Crippen molar-refractivity contribution < 1.29 is 37.4 Å². The van der Waals surface area contributed by atoms with E-state index in [0.29, 0.717) is 0 Å². The van der Waals surface area contributed by atoms with Gasteiger partial charge in [0.05, 0.1) is 21.7 Å². The number of phenols is 1. The first-order valence-corrected chi connectivity index (χ1v) is 10.4. The number of halogens is 3. The van der Waals surface area contributed by atoms with Crippen LogP contribution < -0.4 is 4.90 Å². The summed E-state index contributed by atoms with van der Waals surface area (Å²) in [7, 11) is 0. The molecule has 2 heterocycles. The summed E-state index contributed by atoms with van der Waals surface area (Å²) in [5.41, 5.74) is -1.07. The molecule has 6 nitrogen and oxygen atoms in total. The molecule has 1 aliphatic heterocycles. The van der Waals surface area contributed by atoms with Crippen molar-refractivity contribution in [2.24, 2.45) is 0 Å². The second-order valence-corrected chi connectivity index (χ2v) is 8.45. The van der Waals surface area contributed by atoms with Crippen molar-refractivity contribution in [3.8, 4) is 17.1 Å². The summed E-state index contributed by atoms with van der Waals surface area (Å²) < 4.78 is 44.8. The number of carboxylic acid groups (broad SMARTS) is 1. The van der Waals surface area contributed by atoms with Gasteiger partial charge in [-0.1, -0.05) is 36.1 Å². The van der Waals surface area contributed by atoms with Crippen molar-refractivity contribution in [2.75, 3.05) is 4.90 Å². The fourth-order valence-electron chi connectivity index (χ4n) is 3.13. The van der Waals surface area contributed by atoms with Gasteiger partial charge in [-0.15, -0.1) is 0 Å². The SMILES string of the molecule is O=C(O)c1cccc(-c2ccc(/C=C3\SC(=S)N(c4cccc(C(F)(F)F)c4)C3=O)o2)c1O. The standard InChI is InChI=1S/C22H12F3NO5S2/c23-22(24,25)11-3-1-4-12(9-11)26-19(28)17(33-21(26)32)10-13-7-8-16(31-13)14-5-2-6-15(18(14)27)20(29)30/h1-10,27H,(H,29,30)/b17-10-. The Morgan fingerprint density at radius 1 is 1.12 bits per heavy atom. The number of hydrogen-bond donors (Lipinski definition) is 2. The van der Waals surface area contributed by atoms with Gasteiger partial charge in [0, 0.05) is 6.08 Å². The maximum atomic E-state index is 13.0. The van der Waals surface area contributed by atoms with Crippen molar-refractivity contribution >= 4 is 51.9 Å². The van der Waals surface area contributed by atoms with Crippen molar-refractivity contribution in [1.82, 2.24) is 0 Å². The second kappa shape index (κ2) is 8.41. The predicted octanol–water partition coefficient (Wildman–Crippen LogP) is 5.78. The smallest absolute Gasteiger partial charge is 0.416 e. The van der Waals surface area contributed by atoms with Gasteiger partial charge in [-0.25, -0.2) is 4.79 Å². The van der Waals surface area contributed by atoms with Crippen LogP contribution in [0.2, 0.25) is 0 Å². The van der Waals surface area contributed by atoms with Crippen LogP contribution in [0.15, 0.2) is 63.9 Å². The third-order valence-electron chi connectivity index (χ3n) is 4.66. The first-order chi connectivity index (χ1) is 15.6. The predicted molar refractivity (Wildman–Crippen MR) is 120 cm³/mol. The Hall–Kier alpha value is -3.57. The minimum absolute atomic E-state index is 0.00809. The van der Waals surface area contributed by atoms with Crippen LogP contribution >= 0.6 is 24.0 Å². The molecular weight excluding hydrogens is 479 g/mol. The fraction of sp³-hybridized carbons (Fsp3) is 0.0455. The Balaban J connectivity index is 1.63. The molecule has 0 spiro atoms. The molecule has 1 saturated heterocycles. The van der Waals surface area contributed by atoms with Crippen LogP contribution in [0.3, 0.4) is 0 Å². The van der Waals surface area contributed by atoms with E-state index in [1.54, 1.807) is 0 Å². The Bertz CT molecular complexity index is 1330. The molecule has 168 valence electrons. The molecular formula is C22H12F3NO5S2. The first-order valence-electron chi connectivity index (χ1n) is 9.17. The molecule has 2 aromatic carbocycles. The van der Waals surface area contributed by atoms with Crippen LogP contribution in [0.25, 0.3) is 17.4 Å². The van der Waals surface area contributed by atoms with Gasteiger partial charge in [0.15, 0.2) is 4.32 Å². The lowest BCUT2D eigenvalue weighted by atomic mass is 10.1. The van der Waals surface area contributed by atoms with E-state index in [4.69, 9.17) is 21.7 Å². The zero-order valence-electron chi connectivity index (χ0n) is 16.3. The van der Waals surface area contributed by atoms with Gasteiger partial charge in [0.1, 0.15) is 22.8 Å². The van der Waals surface area contributed by atoms with Crippen LogP contribution in [0.1, 0.15) is 21.7 Å². The third kappa shape index (κ3) is 4.37. The van der Waals surface area contributed by atoms with Gasteiger partial charge in [0.25, 0.3) is 5.91 Å². The van der Waals surface area contributed by atoms with Gasteiger partial charge in [-0.05, 0) is 42.5 Å². The Labute approximate surface area is 193 Å². The van der Waals surface area contributed by atoms with Crippen LogP contribution in [0.5, 0.6) is 5.75 Å². The first kappa shape index (κ1) is 22.6. The summed E-state index contributed by atoms with van der Waals surface area (Å²) in [5.74, 6) is -2.02. The van der Waals surface area contributed by atoms with Crippen LogP contribution in [0, 0.1) is 0 Å². The molecule has 0 bridgehead atoms. The number of furan rings is 1. The van der Waals surface area contributed by atoms with E-state index < -0.39 is 29.4 Å². The lowest BCUT2D eigenvalue weighted by Crippen LogP contribution is -2.27. The van der Waals surface area contributed by atoms with E-state index >= 15 is 0 Å². The maximum absolute atomic E-state index is 13.0. The lowest BCUT2D eigenvalue weighted by Gasteiger charge is -2.16. The molecule has 2 N–H and O–H groups in total. The molecule has 1 fully saturated rings. The quantitative estimate of drug-likeness (QED) is 0.353. The normalized spacial score (nSPS) is 15.5. The molecule has 33 heavy (non-hydrogen) atoms. The number of aromatic carboxylic acids is 1. The second-order valence-electron chi connectivity index (χ2n) is 6.77. The molecule has 1 aromatic heterocycles. The van der Waals surface area contributed by atoms with Gasteiger partial charge in [-0.2, -0.15) is 13.2 Å². The number of nitrogens with zero attached hydrogens (tertiary/aromatic N) is 1. The zero-order valence-corrected chi connectivity index (χ0v) is 17.9. The number of anilines is 1. The van der Waals surface area contributed by atoms with E-state index in [1.165, 1.54) is 48.5 Å². The number of amides is 1. The van der Waals surface area contributed by atoms with Crippen molar-refractivity contribution in [1.29, 1.82) is 0 Å². The van der Waals surface area contributed by atoms with Crippen LogP contribution in [-0.4, -0.2) is 26.4 Å². The van der Waals surface area contributed by atoms with E-state index in [0.717, 1.165) is 28.8 Å². The summed E-state index contributed by atoms with van der Waals surface area (Å²) >= 11 is 6.09. The molecule has 0 aliphatic carbocycles. The number of aromatic hydroxyl groups is 1. The van der Waals surface area contributed by atoms with Gasteiger partial charge in [-0.3, -0.25) is 9.69 Å². The van der Waals surface area contributed by atoms with Crippen LogP contribution in [-0.2, 0) is 11.0 Å². The van der Waals surface area contributed by atoms with Crippen molar-refractivity contribution in [2.45, 2.75) is 6.18 Å². The number of carbonyl (C=O) groups is 2. The molecule has 3 aromatic rings. The zero-order chi connectivity index (χ0) is 23.9. The van der Waals surface area contributed by atoms with E-state index in [-0.39, 0.29) is 37.6 Å². The molecule has 0 unspecified atom stereocenters. The monoisotopic (exact) mass is 491 g/mol. The molecule has 0 saturated carbocycles. The molecule has 4 rings (SSSR count). The number of thioether (sulfide) groups is 1. The van der Waals surface area contributed by atoms with E-state index in [1.807, 2.05) is 0 Å². The Morgan fingerprint density at radius 2 is 1.85 bits per heavy atom. The number of thiocarbonyl (C=S) groups is 1. The largest absolute Gasteiger partial charge is 0.506 e. The topological polar surface area (TPSA) is 91.0 Å². The van der Waals surface area contributed by atoms with E-state index in [9.17, 15) is 27.9 Å². The third-order valence-corrected chi connectivity index (χ3v) is 5.96. The summed E-state index contributed by atoms with van der Waals surface area (Å²) in [4.78, 5) is 25.2. The summed E-state index contributed by atoms with van der Waals surface area (Å²) in [6, 6.07) is 11.4. The number of hydrogen-bond acceptors (Lipinski definition) is 6. The number of carboxylic acids is 1. The lowest BCUT2D eigenvalue weighted by molar-refractivity contribution is -0.137. The number of rotatable bonds is 4. The minimum Gasteiger partial charge on any atom is -0.506 e. The average Bonchev–Trinajstić information content (AvgIpc) is 3.31. The Kier molecular flexibility index (Phi) is 5.76. The number of alkyl halides is 3. The highest BCUT2D eigenvalue weighted by Gasteiger charge is 2.36. The summed E-state index contributed by atoms with van der Waals surface area (Å²) in [5, 5.41) is 19.4. The van der Waals surface area contributed by atoms with Crippen LogP contribution in [0.4, 0.5) is 18.9 Å². The summed E-state index contributed by atoms with van der Waals surface area (Å²) in [6.45, 7) is 0. The highest BCUT2D eigenvalue weighted by Crippen LogP contribution is 2.39. The fourth-order valence-corrected chi connectivity index (χ4v) is 4.41. The molecule has 0 radical (unpaired) electrons. The summed E-state index contributed by atoms with van der Waals surface area (Å²) in [6.07, 6.45) is -3.20. The van der Waals surface area contributed by atoms with Gasteiger partial charge in [0.2, 0.25) is 0 Å². The molecule has 11 heteroatoms. The number of carbonyl (C=O) groups excluding carboxylic acids is 1. The highest BCUT2D eigenvalue weighted by atomic mass is 32.2. The highest BCUT2D eigenvalue weighted by molar-refractivity contribution is 8.27. The number of para-hydroxylation sites is 1. The Morgan fingerprint density at radius 3 is 2.55 bits per heavy atom. The molecule has 1 aliphatic rings.